The second-order valence-electron chi connectivity index (χ2n) is 5.93. The molecule has 3 rings (SSSR count). The number of likely N-dealkylation sites (tertiary alicyclic amines) is 1. The maximum Gasteiger partial charge on any atom is 0.435 e. The lowest BCUT2D eigenvalue weighted by atomic mass is 9.91. The lowest BCUT2D eigenvalue weighted by Crippen LogP contribution is -2.50. The Labute approximate surface area is 143 Å². The Balaban J connectivity index is 1.86. The van der Waals surface area contributed by atoms with Crippen LogP contribution in [0.2, 0.25) is 0 Å². The molecule has 0 spiro atoms. The van der Waals surface area contributed by atoms with Crippen LogP contribution in [-0.2, 0) is 18.0 Å². The van der Waals surface area contributed by atoms with E-state index in [4.69, 9.17) is 5.11 Å². The van der Waals surface area contributed by atoms with Gasteiger partial charge in [0, 0.05) is 38.4 Å². The molecule has 0 atom stereocenters. The zero-order chi connectivity index (χ0) is 18.6. The number of carboxylic acids is 1. The van der Waals surface area contributed by atoms with E-state index in [1.165, 1.54) is 11.9 Å². The van der Waals surface area contributed by atoms with E-state index < -0.39 is 29.3 Å². The summed E-state index contributed by atoms with van der Waals surface area (Å²) >= 11 is 0.899. The molecular weight excluding hydrogens is 363 g/mol. The zero-order valence-electron chi connectivity index (χ0n) is 13.0. The number of aryl methyl sites for hydroxylation is 1. The summed E-state index contributed by atoms with van der Waals surface area (Å²) in [4.78, 5) is 25.2. The van der Waals surface area contributed by atoms with Gasteiger partial charge in [0.2, 0.25) is 0 Å². The molecule has 25 heavy (non-hydrogen) atoms. The Hall–Kier alpha value is -2.14. The molecule has 3 heterocycles. The average Bonchev–Trinajstić information content (AvgIpc) is 3.07. The molecule has 1 fully saturated rings. The molecule has 136 valence electrons. The number of aliphatic hydroxyl groups is 1. The summed E-state index contributed by atoms with van der Waals surface area (Å²) in [6, 6.07) is 1.16. The van der Waals surface area contributed by atoms with Crippen LogP contribution in [0.25, 0.3) is 10.2 Å². The maximum absolute atomic E-state index is 13.0. The molecule has 0 radical (unpaired) electrons. The van der Waals surface area contributed by atoms with Crippen LogP contribution in [0, 0.1) is 0 Å². The summed E-state index contributed by atoms with van der Waals surface area (Å²) in [6.45, 7) is 0.0283. The van der Waals surface area contributed by atoms with Crippen LogP contribution in [0.3, 0.4) is 0 Å². The fourth-order valence-electron chi connectivity index (χ4n) is 2.80. The van der Waals surface area contributed by atoms with Crippen molar-refractivity contribution < 1.29 is 33.0 Å². The second-order valence-corrected chi connectivity index (χ2v) is 6.96. The van der Waals surface area contributed by atoms with Gasteiger partial charge in [0.15, 0.2) is 11.3 Å². The molecule has 0 aromatic carbocycles. The average molecular weight is 377 g/mol. The van der Waals surface area contributed by atoms with Crippen LogP contribution in [0.1, 0.15) is 28.2 Å². The molecule has 0 unspecified atom stereocenters. The summed E-state index contributed by atoms with van der Waals surface area (Å²) in [5.74, 6) is -1.83. The van der Waals surface area contributed by atoms with Gasteiger partial charge in [-0.3, -0.25) is 9.48 Å². The van der Waals surface area contributed by atoms with Crippen LogP contribution in [0.15, 0.2) is 6.07 Å². The smallest absolute Gasteiger partial charge is 0.435 e. The number of fused-ring (bicyclic) bond motifs is 1. The van der Waals surface area contributed by atoms with Crippen LogP contribution >= 0.6 is 11.3 Å². The van der Waals surface area contributed by atoms with E-state index >= 15 is 0 Å². The number of aromatic nitrogens is 2. The van der Waals surface area contributed by atoms with Gasteiger partial charge in [-0.2, -0.15) is 18.3 Å². The van der Waals surface area contributed by atoms with Crippen molar-refractivity contribution in [2.24, 2.45) is 7.05 Å². The molecule has 1 amide bonds. The van der Waals surface area contributed by atoms with E-state index in [9.17, 15) is 27.9 Å². The fourth-order valence-corrected chi connectivity index (χ4v) is 3.84. The van der Waals surface area contributed by atoms with Crippen molar-refractivity contribution in [3.63, 3.8) is 0 Å². The van der Waals surface area contributed by atoms with E-state index in [1.54, 1.807) is 0 Å². The van der Waals surface area contributed by atoms with Gasteiger partial charge in [-0.1, -0.05) is 0 Å². The molecule has 0 bridgehead atoms. The van der Waals surface area contributed by atoms with Crippen LogP contribution < -0.4 is 0 Å². The first-order valence-corrected chi connectivity index (χ1v) is 8.13. The molecule has 1 aliphatic heterocycles. The summed E-state index contributed by atoms with van der Waals surface area (Å²) < 4.78 is 40.1. The Kier molecular flexibility index (Phi) is 4.03. The van der Waals surface area contributed by atoms with Gasteiger partial charge in [-0.25, -0.2) is 4.79 Å². The number of halogens is 3. The minimum absolute atomic E-state index is 0.0141. The molecule has 11 heteroatoms. The van der Waals surface area contributed by atoms with Crippen molar-refractivity contribution in [1.82, 2.24) is 14.7 Å². The first-order chi connectivity index (χ1) is 11.5. The van der Waals surface area contributed by atoms with Gasteiger partial charge in [0.05, 0.1) is 4.88 Å². The van der Waals surface area contributed by atoms with Crippen molar-refractivity contribution in [2.45, 2.75) is 24.6 Å². The van der Waals surface area contributed by atoms with E-state index in [2.05, 4.69) is 5.10 Å². The van der Waals surface area contributed by atoms with Gasteiger partial charge in [-0.15, -0.1) is 11.3 Å². The molecule has 1 saturated heterocycles. The number of alkyl halides is 3. The highest BCUT2D eigenvalue weighted by Gasteiger charge is 2.41. The van der Waals surface area contributed by atoms with Crippen molar-refractivity contribution in [2.75, 3.05) is 13.1 Å². The number of hydrogen-bond donors (Lipinski definition) is 2. The second kappa shape index (κ2) is 5.70. The lowest BCUT2D eigenvalue weighted by Gasteiger charge is -2.35. The van der Waals surface area contributed by atoms with E-state index in [1.807, 2.05) is 0 Å². The number of amides is 1. The highest BCUT2D eigenvalue weighted by Crippen LogP contribution is 2.38. The highest BCUT2D eigenvalue weighted by atomic mass is 32.1. The summed E-state index contributed by atoms with van der Waals surface area (Å²) in [7, 11) is 1.37. The predicted octanol–water partition coefficient (Wildman–Crippen LogP) is 1.71. The summed E-state index contributed by atoms with van der Waals surface area (Å²) in [5.41, 5.74) is -2.91. The number of nitrogens with zero attached hydrogens (tertiary/aromatic N) is 3. The summed E-state index contributed by atoms with van der Waals surface area (Å²) in [5, 5.41) is 22.2. The number of piperidine rings is 1. The van der Waals surface area contributed by atoms with Crippen molar-refractivity contribution >= 4 is 33.4 Å². The molecular formula is C14H14F3N3O4S. The minimum Gasteiger partial charge on any atom is -0.479 e. The largest absolute Gasteiger partial charge is 0.479 e. The topological polar surface area (TPSA) is 95.7 Å². The van der Waals surface area contributed by atoms with Crippen molar-refractivity contribution in [3.8, 4) is 0 Å². The van der Waals surface area contributed by atoms with Gasteiger partial charge < -0.3 is 15.1 Å². The monoisotopic (exact) mass is 377 g/mol. The van der Waals surface area contributed by atoms with E-state index in [0.717, 1.165) is 22.1 Å². The Morgan fingerprint density at radius 3 is 2.44 bits per heavy atom. The molecule has 2 aromatic rings. The normalized spacial score (nSPS) is 17.9. The third-order valence-corrected chi connectivity index (χ3v) is 5.46. The van der Waals surface area contributed by atoms with Gasteiger partial charge >= 0.3 is 12.1 Å². The van der Waals surface area contributed by atoms with E-state index in [-0.39, 0.29) is 41.0 Å². The fraction of sp³-hybridized carbons (Fsp3) is 0.500. The predicted molar refractivity (Wildman–Crippen MR) is 81.3 cm³/mol. The Morgan fingerprint density at radius 1 is 1.32 bits per heavy atom. The van der Waals surface area contributed by atoms with Crippen molar-refractivity contribution in [3.05, 3.63) is 16.6 Å². The maximum atomic E-state index is 13.0. The summed E-state index contributed by atoms with van der Waals surface area (Å²) in [6.07, 6.45) is -4.88. The highest BCUT2D eigenvalue weighted by molar-refractivity contribution is 7.20. The molecule has 0 aliphatic carbocycles. The van der Waals surface area contributed by atoms with E-state index in [0.29, 0.717) is 0 Å². The number of rotatable bonds is 2. The molecule has 0 saturated carbocycles. The first-order valence-electron chi connectivity index (χ1n) is 7.32. The van der Waals surface area contributed by atoms with Crippen LogP contribution in [-0.4, -0.2) is 55.5 Å². The Morgan fingerprint density at radius 2 is 1.92 bits per heavy atom. The zero-order valence-corrected chi connectivity index (χ0v) is 13.8. The molecule has 2 aromatic heterocycles. The first kappa shape index (κ1) is 17.7. The number of hydrogen-bond acceptors (Lipinski definition) is 5. The third kappa shape index (κ3) is 2.97. The van der Waals surface area contributed by atoms with Crippen LogP contribution in [0.4, 0.5) is 13.2 Å². The number of thiophene rings is 1. The quantitative estimate of drug-likeness (QED) is 0.831. The van der Waals surface area contributed by atoms with Crippen LogP contribution in [0.5, 0.6) is 0 Å². The van der Waals surface area contributed by atoms with Gasteiger partial charge in [0.25, 0.3) is 5.91 Å². The lowest BCUT2D eigenvalue weighted by molar-refractivity contribution is -0.162. The van der Waals surface area contributed by atoms with Gasteiger partial charge in [-0.05, 0) is 6.07 Å². The number of carbonyl (C=O) groups excluding carboxylic acids is 1. The Bertz CT molecular complexity index is 849. The molecule has 7 nitrogen and oxygen atoms in total. The third-order valence-electron chi connectivity index (χ3n) is 4.27. The van der Waals surface area contributed by atoms with Crippen molar-refractivity contribution in [1.29, 1.82) is 0 Å². The SMILES string of the molecule is Cn1nc(C(F)(F)F)c2cc(C(=O)N3CCC(O)(C(=O)O)CC3)sc21. The number of carboxylic acid groups (broad SMARTS) is 1. The number of carbonyl (C=O) groups is 2. The molecule has 1 aliphatic rings. The standard InChI is InChI=1S/C14H14F3N3O4S/c1-19-11-7(9(18-19)14(15,16)17)6-8(25-11)10(21)20-4-2-13(24,3-5-20)12(22)23/h6,24H,2-5H2,1H3,(H,22,23). The molecule has 2 N–H and O–H groups in total. The van der Waals surface area contributed by atoms with Gasteiger partial charge in [0.1, 0.15) is 4.83 Å². The minimum atomic E-state index is -4.62. The number of aliphatic carboxylic acids is 1.